The first kappa shape index (κ1) is 16.8. The maximum absolute atomic E-state index is 12.1. The summed E-state index contributed by atoms with van der Waals surface area (Å²) in [7, 11) is 0. The van der Waals surface area contributed by atoms with Gasteiger partial charge in [-0.05, 0) is 48.0 Å². The Morgan fingerprint density at radius 2 is 1.55 bits per heavy atom. The van der Waals surface area contributed by atoms with E-state index in [4.69, 9.17) is 9.47 Å². The lowest BCUT2D eigenvalue weighted by molar-refractivity contribution is -0.162. The zero-order valence-corrected chi connectivity index (χ0v) is 13.1. The van der Waals surface area contributed by atoms with Gasteiger partial charge < -0.3 is 14.6 Å². The second-order valence-corrected chi connectivity index (χ2v) is 7.01. The topological polar surface area (TPSA) is 76.1 Å². The number of ether oxygens (including phenoxy) is 2. The smallest absolute Gasteiger partial charge is 0.411 e. The van der Waals surface area contributed by atoms with Crippen LogP contribution in [0, 0.1) is 0 Å². The van der Waals surface area contributed by atoms with Crippen LogP contribution in [0.1, 0.15) is 48.0 Å². The van der Waals surface area contributed by atoms with E-state index < -0.39 is 35.4 Å². The maximum atomic E-state index is 12.1. The molecule has 0 aromatic heterocycles. The lowest BCUT2D eigenvalue weighted by Crippen LogP contribution is -2.49. The quantitative estimate of drug-likeness (QED) is 0.743. The summed E-state index contributed by atoms with van der Waals surface area (Å²) in [6.07, 6.45) is -1.19. The Morgan fingerprint density at radius 1 is 1.05 bits per heavy atom. The molecule has 0 bridgehead atoms. The second-order valence-electron chi connectivity index (χ2n) is 7.01. The van der Waals surface area contributed by atoms with Gasteiger partial charge in [0, 0.05) is 6.54 Å². The highest BCUT2D eigenvalue weighted by Crippen LogP contribution is 2.24. The van der Waals surface area contributed by atoms with Gasteiger partial charge >= 0.3 is 12.1 Å². The molecule has 1 fully saturated rings. The third-order valence-electron chi connectivity index (χ3n) is 2.64. The molecule has 6 heteroatoms. The second kappa shape index (κ2) is 5.60. The molecule has 0 aromatic rings. The van der Waals surface area contributed by atoms with E-state index in [2.05, 4.69) is 0 Å². The van der Waals surface area contributed by atoms with Gasteiger partial charge in [0.1, 0.15) is 11.2 Å². The minimum Gasteiger partial charge on any atom is -0.458 e. The van der Waals surface area contributed by atoms with Crippen LogP contribution >= 0.6 is 0 Å². The molecular weight excluding hydrogens is 262 g/mol. The van der Waals surface area contributed by atoms with Crippen LogP contribution in [0.5, 0.6) is 0 Å². The third kappa shape index (κ3) is 4.67. The first-order valence-corrected chi connectivity index (χ1v) is 6.81. The van der Waals surface area contributed by atoms with Crippen molar-refractivity contribution in [2.24, 2.45) is 0 Å². The number of hydrogen-bond acceptors (Lipinski definition) is 5. The minimum absolute atomic E-state index is 0.278. The van der Waals surface area contributed by atoms with E-state index in [1.807, 2.05) is 0 Å². The number of aliphatic hydroxyl groups is 1. The molecule has 1 aliphatic rings. The summed E-state index contributed by atoms with van der Waals surface area (Å²) < 4.78 is 10.5. The predicted molar refractivity (Wildman–Crippen MR) is 73.2 cm³/mol. The molecule has 0 spiro atoms. The van der Waals surface area contributed by atoms with Gasteiger partial charge in [0.25, 0.3) is 0 Å². The molecular formula is C14H25NO5. The number of likely N-dealkylation sites (tertiary alicyclic amines) is 1. The highest BCUT2D eigenvalue weighted by molar-refractivity contribution is 5.83. The first-order valence-electron chi connectivity index (χ1n) is 6.81. The molecule has 1 N–H and O–H groups in total. The van der Waals surface area contributed by atoms with Crippen LogP contribution < -0.4 is 0 Å². The zero-order valence-electron chi connectivity index (χ0n) is 13.1. The van der Waals surface area contributed by atoms with Crippen LogP contribution in [0.25, 0.3) is 0 Å². The fourth-order valence-corrected chi connectivity index (χ4v) is 1.95. The number of nitrogens with zero attached hydrogens (tertiary/aromatic N) is 1. The SMILES string of the molecule is CC(C)(C)OC(=O)C1[C@@H](O)CCN1C(=O)OC(C)(C)C. The van der Waals surface area contributed by atoms with E-state index in [9.17, 15) is 14.7 Å². The van der Waals surface area contributed by atoms with E-state index in [0.717, 1.165) is 0 Å². The van der Waals surface area contributed by atoms with Crippen LogP contribution in [0.15, 0.2) is 0 Å². The number of carbonyl (C=O) groups excluding carboxylic acids is 2. The van der Waals surface area contributed by atoms with E-state index in [1.54, 1.807) is 41.5 Å². The number of rotatable bonds is 1. The van der Waals surface area contributed by atoms with Gasteiger partial charge in [0.2, 0.25) is 0 Å². The summed E-state index contributed by atoms with van der Waals surface area (Å²) in [5.74, 6) is -0.603. The Bertz CT molecular complexity index is 380. The molecule has 116 valence electrons. The van der Waals surface area contributed by atoms with Crippen LogP contribution in [-0.2, 0) is 14.3 Å². The summed E-state index contributed by atoms with van der Waals surface area (Å²) in [6, 6.07) is -0.996. The van der Waals surface area contributed by atoms with Crippen molar-refractivity contribution in [1.29, 1.82) is 0 Å². The maximum Gasteiger partial charge on any atom is 0.411 e. The molecule has 0 radical (unpaired) electrons. The van der Waals surface area contributed by atoms with E-state index in [-0.39, 0.29) is 6.54 Å². The van der Waals surface area contributed by atoms with Crippen molar-refractivity contribution in [1.82, 2.24) is 4.90 Å². The van der Waals surface area contributed by atoms with Crippen LogP contribution in [0.3, 0.4) is 0 Å². The average Bonchev–Trinajstić information content (AvgIpc) is 2.54. The Hall–Kier alpha value is -1.30. The number of esters is 1. The van der Waals surface area contributed by atoms with Crippen LogP contribution in [-0.4, -0.2) is 52.0 Å². The fourth-order valence-electron chi connectivity index (χ4n) is 1.95. The predicted octanol–water partition coefficient (Wildman–Crippen LogP) is 1.70. The highest BCUT2D eigenvalue weighted by Gasteiger charge is 2.44. The lowest BCUT2D eigenvalue weighted by atomic mass is 10.1. The number of carbonyl (C=O) groups is 2. The van der Waals surface area contributed by atoms with Crippen molar-refractivity contribution in [3.63, 3.8) is 0 Å². The Balaban J connectivity index is 2.81. The molecule has 0 aromatic carbocycles. The number of hydrogen-bond donors (Lipinski definition) is 1. The summed E-state index contributed by atoms with van der Waals surface area (Å²) in [5, 5.41) is 9.92. The van der Waals surface area contributed by atoms with E-state index in [1.165, 1.54) is 4.90 Å². The van der Waals surface area contributed by atoms with Crippen molar-refractivity contribution < 1.29 is 24.2 Å². The molecule has 20 heavy (non-hydrogen) atoms. The highest BCUT2D eigenvalue weighted by atomic mass is 16.6. The first-order chi connectivity index (χ1) is 8.91. The monoisotopic (exact) mass is 287 g/mol. The van der Waals surface area contributed by atoms with Gasteiger partial charge in [-0.3, -0.25) is 4.90 Å². The Kier molecular flexibility index (Phi) is 4.69. The molecule has 1 unspecified atom stereocenters. The minimum atomic E-state index is -0.996. The fraction of sp³-hybridized carbons (Fsp3) is 0.857. The van der Waals surface area contributed by atoms with Crippen molar-refractivity contribution in [3.8, 4) is 0 Å². The molecule has 1 aliphatic heterocycles. The summed E-state index contributed by atoms with van der Waals surface area (Å²) in [5.41, 5.74) is -1.32. The molecule has 1 saturated heterocycles. The summed E-state index contributed by atoms with van der Waals surface area (Å²) >= 11 is 0. The number of amides is 1. The van der Waals surface area contributed by atoms with Crippen molar-refractivity contribution >= 4 is 12.1 Å². The molecule has 0 saturated carbocycles. The van der Waals surface area contributed by atoms with Gasteiger partial charge in [-0.1, -0.05) is 0 Å². The van der Waals surface area contributed by atoms with E-state index in [0.29, 0.717) is 6.42 Å². The van der Waals surface area contributed by atoms with Gasteiger partial charge in [-0.2, -0.15) is 0 Å². The van der Waals surface area contributed by atoms with Gasteiger partial charge in [-0.15, -0.1) is 0 Å². The molecule has 0 aliphatic carbocycles. The van der Waals surface area contributed by atoms with E-state index >= 15 is 0 Å². The van der Waals surface area contributed by atoms with Crippen LogP contribution in [0.4, 0.5) is 4.79 Å². The Labute approximate surface area is 120 Å². The molecule has 1 heterocycles. The third-order valence-corrected chi connectivity index (χ3v) is 2.64. The molecule has 1 amide bonds. The Morgan fingerprint density at radius 3 is 2.00 bits per heavy atom. The van der Waals surface area contributed by atoms with Crippen molar-refractivity contribution in [3.05, 3.63) is 0 Å². The largest absolute Gasteiger partial charge is 0.458 e. The van der Waals surface area contributed by atoms with Gasteiger partial charge in [-0.25, -0.2) is 9.59 Å². The molecule has 2 atom stereocenters. The molecule has 1 rings (SSSR count). The molecule has 6 nitrogen and oxygen atoms in total. The standard InChI is InChI=1S/C14H25NO5/c1-13(2,3)19-11(17)10-9(16)7-8-15(10)12(18)20-14(4,5)6/h9-10,16H,7-8H2,1-6H3/t9-,10?/m0/s1. The van der Waals surface area contributed by atoms with Crippen molar-refractivity contribution in [2.75, 3.05) is 6.54 Å². The normalized spacial score (nSPS) is 23.6. The van der Waals surface area contributed by atoms with Gasteiger partial charge in [0.15, 0.2) is 6.04 Å². The lowest BCUT2D eigenvalue weighted by Gasteiger charge is -2.30. The van der Waals surface area contributed by atoms with Crippen LogP contribution in [0.2, 0.25) is 0 Å². The average molecular weight is 287 g/mol. The zero-order chi connectivity index (χ0) is 15.7. The number of aliphatic hydroxyl groups excluding tert-OH is 1. The van der Waals surface area contributed by atoms with Crippen molar-refractivity contribution in [2.45, 2.75) is 71.3 Å². The summed E-state index contributed by atoms with van der Waals surface area (Å²) in [4.78, 5) is 25.4. The summed E-state index contributed by atoms with van der Waals surface area (Å²) in [6.45, 7) is 10.7. The van der Waals surface area contributed by atoms with Gasteiger partial charge in [0.05, 0.1) is 6.10 Å².